The van der Waals surface area contributed by atoms with Gasteiger partial charge in [-0.25, -0.2) is 9.78 Å². The second kappa shape index (κ2) is 10.4. The summed E-state index contributed by atoms with van der Waals surface area (Å²) in [5.74, 6) is -0.242. The number of carbonyl (C=O) groups is 3. The summed E-state index contributed by atoms with van der Waals surface area (Å²) >= 11 is 1.37. The van der Waals surface area contributed by atoms with Gasteiger partial charge >= 0.3 is 5.97 Å². The van der Waals surface area contributed by atoms with Gasteiger partial charge in [0.05, 0.1) is 18.1 Å². The highest BCUT2D eigenvalue weighted by Crippen LogP contribution is 2.68. The standard InChI is InChI=1S/C35H37NO6S/c1-33-14-11-23(37)18-22(33)9-10-25-26-12-15-35(34(26,2)19-27(38)30(25)33,42-32(40)28-8-5-17-41-28)29(39)20-43-31-24-7-4-3-6-21(24)13-16-36-31/h3-8,13,16-18,25-27,30,38H,9-12,14-15,19-20H2,1-2H3/t25?,26?,27?,30?,33?,34?,35-/m0/s1. The summed E-state index contributed by atoms with van der Waals surface area (Å²) in [6.07, 6.45) is 8.70. The van der Waals surface area contributed by atoms with E-state index in [4.69, 9.17) is 9.15 Å². The molecule has 3 saturated carbocycles. The minimum atomic E-state index is -1.41. The number of esters is 1. The van der Waals surface area contributed by atoms with E-state index in [1.807, 2.05) is 36.4 Å². The highest BCUT2D eigenvalue weighted by Gasteiger charge is 2.70. The minimum Gasteiger partial charge on any atom is -0.457 e. The van der Waals surface area contributed by atoms with Crippen molar-refractivity contribution in [1.29, 1.82) is 0 Å². The molecule has 3 aromatic rings. The average Bonchev–Trinajstić information content (AvgIpc) is 3.63. The van der Waals surface area contributed by atoms with E-state index in [9.17, 15) is 19.5 Å². The molecule has 1 aromatic carbocycles. The van der Waals surface area contributed by atoms with E-state index < -0.39 is 23.1 Å². The Morgan fingerprint density at radius 1 is 1.09 bits per heavy atom. The van der Waals surface area contributed by atoms with Crippen molar-refractivity contribution in [3.8, 4) is 0 Å². The maximum atomic E-state index is 14.6. The van der Waals surface area contributed by atoms with Crippen LogP contribution in [-0.2, 0) is 14.3 Å². The molecule has 0 amide bonds. The first-order chi connectivity index (χ1) is 20.7. The lowest BCUT2D eigenvalue weighted by Crippen LogP contribution is -2.63. The van der Waals surface area contributed by atoms with E-state index in [2.05, 4.69) is 18.8 Å². The zero-order valence-electron chi connectivity index (χ0n) is 24.6. The Kier molecular flexibility index (Phi) is 6.93. The van der Waals surface area contributed by atoms with Gasteiger partial charge in [0.15, 0.2) is 17.2 Å². The lowest BCUT2D eigenvalue weighted by molar-refractivity contribution is -0.180. The molecule has 43 heavy (non-hydrogen) atoms. The van der Waals surface area contributed by atoms with Gasteiger partial charge in [0.2, 0.25) is 5.76 Å². The average molecular weight is 600 g/mol. The second-order valence-corrected chi connectivity index (χ2v) is 14.3. The number of nitrogens with zero attached hydrogens (tertiary/aromatic N) is 1. The van der Waals surface area contributed by atoms with Gasteiger partial charge in [-0.3, -0.25) is 9.59 Å². The first kappa shape index (κ1) is 28.5. The van der Waals surface area contributed by atoms with E-state index >= 15 is 0 Å². The third-order valence-corrected chi connectivity index (χ3v) is 12.4. The van der Waals surface area contributed by atoms with E-state index in [0.29, 0.717) is 19.3 Å². The SMILES string of the molecule is CC12CCC(=O)C=C1CCC1C2C(O)CC2(C)C1CC[C@]2(OC(=O)c1ccco1)C(=O)CSc1nccc2ccccc12. The lowest BCUT2D eigenvalue weighted by Gasteiger charge is -2.60. The largest absolute Gasteiger partial charge is 0.457 e. The topological polar surface area (TPSA) is 107 Å². The van der Waals surface area contributed by atoms with Crippen LogP contribution in [0.15, 0.2) is 76.0 Å². The molecule has 7 nitrogen and oxygen atoms in total. The van der Waals surface area contributed by atoms with Gasteiger partial charge in [0.25, 0.3) is 0 Å². The molecule has 224 valence electrons. The molecule has 3 fully saturated rings. The van der Waals surface area contributed by atoms with Crippen LogP contribution >= 0.6 is 11.8 Å². The molecular weight excluding hydrogens is 562 g/mol. The lowest BCUT2D eigenvalue weighted by atomic mass is 9.45. The van der Waals surface area contributed by atoms with Gasteiger partial charge in [0, 0.05) is 23.4 Å². The quantitative estimate of drug-likeness (QED) is 0.250. The van der Waals surface area contributed by atoms with Crippen molar-refractivity contribution in [3.63, 3.8) is 0 Å². The molecular formula is C35H37NO6S. The van der Waals surface area contributed by atoms with Crippen molar-refractivity contribution < 1.29 is 28.6 Å². The zero-order chi connectivity index (χ0) is 30.0. The van der Waals surface area contributed by atoms with Crippen LogP contribution in [0, 0.1) is 28.6 Å². The molecule has 4 aliphatic rings. The number of ether oxygens (including phenoxy) is 1. The number of thioether (sulfide) groups is 1. The Hall–Kier alpha value is -3.23. The number of carbonyl (C=O) groups excluding carboxylic acids is 3. The van der Waals surface area contributed by atoms with Crippen molar-refractivity contribution in [3.05, 3.63) is 72.3 Å². The fourth-order valence-electron chi connectivity index (χ4n) is 9.42. The van der Waals surface area contributed by atoms with Crippen LogP contribution in [0.25, 0.3) is 10.8 Å². The number of ketones is 2. The molecule has 2 aromatic heterocycles. The summed E-state index contributed by atoms with van der Waals surface area (Å²) < 4.78 is 11.7. The molecule has 8 heteroatoms. The number of hydrogen-bond acceptors (Lipinski definition) is 8. The smallest absolute Gasteiger partial charge is 0.375 e. The number of Topliss-reactive ketones (excluding diaryl/α,β-unsaturated/α-hetero) is 1. The third kappa shape index (κ3) is 4.35. The molecule has 0 radical (unpaired) electrons. The van der Waals surface area contributed by atoms with Crippen LogP contribution in [0.1, 0.15) is 69.3 Å². The Morgan fingerprint density at radius 2 is 1.93 bits per heavy atom. The Morgan fingerprint density at radius 3 is 2.74 bits per heavy atom. The van der Waals surface area contributed by atoms with Crippen LogP contribution in [0.5, 0.6) is 0 Å². The number of furan rings is 1. The number of benzene rings is 1. The Labute approximate surface area is 255 Å². The molecule has 2 heterocycles. The van der Waals surface area contributed by atoms with E-state index in [1.54, 1.807) is 18.3 Å². The van der Waals surface area contributed by atoms with Crippen LogP contribution in [0.2, 0.25) is 0 Å². The first-order valence-electron chi connectivity index (χ1n) is 15.3. The molecule has 0 bridgehead atoms. The fourth-order valence-corrected chi connectivity index (χ4v) is 10.4. The predicted molar refractivity (Wildman–Crippen MR) is 162 cm³/mol. The summed E-state index contributed by atoms with van der Waals surface area (Å²) in [5.41, 5.74) is -1.25. The summed E-state index contributed by atoms with van der Waals surface area (Å²) in [6, 6.07) is 13.1. The molecule has 4 aliphatic carbocycles. The number of hydrogen-bond donors (Lipinski definition) is 1. The zero-order valence-corrected chi connectivity index (χ0v) is 25.4. The van der Waals surface area contributed by atoms with Gasteiger partial charge in [-0.2, -0.15) is 0 Å². The summed E-state index contributed by atoms with van der Waals surface area (Å²) in [5, 5.41) is 14.7. The van der Waals surface area contributed by atoms with Gasteiger partial charge in [-0.05, 0) is 91.4 Å². The number of pyridine rings is 1. The van der Waals surface area contributed by atoms with Crippen LogP contribution in [0.4, 0.5) is 0 Å². The normalized spacial score (nSPS) is 35.0. The number of aromatic nitrogens is 1. The highest BCUT2D eigenvalue weighted by molar-refractivity contribution is 8.00. The fraction of sp³-hybridized carbons (Fsp3) is 0.486. The summed E-state index contributed by atoms with van der Waals surface area (Å²) in [6.45, 7) is 4.27. The molecule has 6 unspecified atom stereocenters. The maximum absolute atomic E-state index is 14.6. The van der Waals surface area contributed by atoms with E-state index in [-0.39, 0.29) is 46.2 Å². The van der Waals surface area contributed by atoms with E-state index in [0.717, 1.165) is 47.1 Å². The van der Waals surface area contributed by atoms with Crippen molar-refractivity contribution in [2.45, 2.75) is 75.5 Å². The molecule has 7 rings (SSSR count). The van der Waals surface area contributed by atoms with Gasteiger partial charge < -0.3 is 14.3 Å². The van der Waals surface area contributed by atoms with Crippen molar-refractivity contribution in [2.24, 2.45) is 28.6 Å². The number of allylic oxidation sites excluding steroid dienone is 1. The summed E-state index contributed by atoms with van der Waals surface area (Å²) in [4.78, 5) is 44.9. The summed E-state index contributed by atoms with van der Waals surface area (Å²) in [7, 11) is 0. The van der Waals surface area contributed by atoms with Crippen LogP contribution in [-0.4, -0.2) is 45.1 Å². The van der Waals surface area contributed by atoms with Crippen LogP contribution < -0.4 is 0 Å². The monoisotopic (exact) mass is 599 g/mol. The Bertz CT molecular complexity index is 1630. The minimum absolute atomic E-state index is 0.000361. The molecule has 1 N–H and O–H groups in total. The number of aliphatic hydroxyl groups excluding tert-OH is 1. The number of aliphatic hydroxyl groups is 1. The van der Waals surface area contributed by atoms with Gasteiger partial charge in [0.1, 0.15) is 5.03 Å². The second-order valence-electron chi connectivity index (χ2n) is 13.4. The predicted octanol–water partition coefficient (Wildman–Crippen LogP) is 6.59. The Balaban J connectivity index is 1.24. The van der Waals surface area contributed by atoms with Gasteiger partial charge in [-0.15, -0.1) is 0 Å². The molecule has 0 saturated heterocycles. The van der Waals surface area contributed by atoms with Crippen molar-refractivity contribution in [2.75, 3.05) is 5.75 Å². The molecule has 0 spiro atoms. The molecule has 0 aliphatic heterocycles. The number of rotatable bonds is 6. The van der Waals surface area contributed by atoms with Crippen molar-refractivity contribution >= 4 is 40.1 Å². The van der Waals surface area contributed by atoms with Gasteiger partial charge in [-0.1, -0.05) is 55.4 Å². The highest BCUT2D eigenvalue weighted by atomic mass is 32.2. The van der Waals surface area contributed by atoms with Crippen LogP contribution in [0.3, 0.4) is 0 Å². The van der Waals surface area contributed by atoms with E-state index in [1.165, 1.54) is 18.0 Å². The molecule has 7 atom stereocenters. The third-order valence-electron chi connectivity index (χ3n) is 11.4. The van der Waals surface area contributed by atoms with Crippen molar-refractivity contribution in [1.82, 2.24) is 4.98 Å². The first-order valence-corrected chi connectivity index (χ1v) is 16.3. The number of fused-ring (bicyclic) bond motifs is 6. The maximum Gasteiger partial charge on any atom is 0.375 e.